The first-order valence-corrected chi connectivity index (χ1v) is 9.54. The predicted octanol–water partition coefficient (Wildman–Crippen LogP) is 5.59. The number of rotatable bonds is 6. The van der Waals surface area contributed by atoms with E-state index in [9.17, 15) is 0 Å². The average molecular weight is 417 g/mol. The quantitative estimate of drug-likeness (QED) is 0.243. The van der Waals surface area contributed by atoms with Gasteiger partial charge in [0, 0.05) is 16.3 Å². The maximum atomic E-state index is 5.58. The van der Waals surface area contributed by atoms with Crippen LogP contribution in [-0.4, -0.2) is 30.3 Å². The van der Waals surface area contributed by atoms with E-state index in [2.05, 4.69) is 62.4 Å². The molecule has 0 unspecified atom stereocenters. The smallest absolute Gasteiger partial charge is 0.129 e. The number of oxime groups is 1. The summed E-state index contributed by atoms with van der Waals surface area (Å²) in [7, 11) is 0. The van der Waals surface area contributed by atoms with Gasteiger partial charge in [0.15, 0.2) is 0 Å². The average Bonchev–Trinajstić information content (AvgIpc) is 2.11. The zero-order valence-electron chi connectivity index (χ0n) is 13.5. The second kappa shape index (κ2) is 7.78. The summed E-state index contributed by atoms with van der Waals surface area (Å²) < 4.78 is 0.486. The van der Waals surface area contributed by atoms with Crippen LogP contribution < -0.4 is 0 Å². The molecular weight excluding hydrogens is 389 g/mol. The van der Waals surface area contributed by atoms with E-state index >= 15 is 0 Å². The van der Waals surface area contributed by atoms with Gasteiger partial charge in [-0.25, -0.2) is 0 Å². The molecule has 0 saturated carbocycles. The Morgan fingerprint density at radius 1 is 0.947 bits per heavy atom. The molecule has 114 valence electrons. The number of thioether (sulfide) groups is 2. The molecule has 0 bridgehead atoms. The first-order chi connectivity index (χ1) is 8.29. The van der Waals surface area contributed by atoms with E-state index < -0.39 is 0 Å². The van der Waals surface area contributed by atoms with Crippen LogP contribution in [0.15, 0.2) is 5.16 Å². The summed E-state index contributed by atoms with van der Waals surface area (Å²) in [5.74, 6) is 1.86. The number of nitrogens with zero attached hydrogens (tertiary/aromatic N) is 1. The van der Waals surface area contributed by atoms with E-state index in [-0.39, 0.29) is 13.1 Å². The van der Waals surface area contributed by atoms with E-state index in [1.54, 1.807) is 0 Å². The third-order valence-corrected chi connectivity index (χ3v) is 5.14. The lowest BCUT2D eigenvalue weighted by atomic mass is 10.2. The van der Waals surface area contributed by atoms with Gasteiger partial charge in [-0.15, -0.1) is 23.5 Å². The zero-order chi connectivity index (χ0) is 15.3. The molecule has 0 amide bonds. The van der Waals surface area contributed by atoms with Crippen LogP contribution in [0.1, 0.15) is 55.4 Å². The Hall–Kier alpha value is 0.900. The molecule has 0 atom stereocenters. The summed E-state index contributed by atoms with van der Waals surface area (Å²) in [4.78, 5) is 5.58. The van der Waals surface area contributed by atoms with Crippen LogP contribution in [0, 0.1) is 0 Å². The van der Waals surface area contributed by atoms with Gasteiger partial charge in [0.05, 0.1) is 8.47 Å². The molecule has 0 saturated heterocycles. The zero-order valence-corrected chi connectivity index (χ0v) is 17.3. The van der Waals surface area contributed by atoms with Crippen molar-refractivity contribution in [1.29, 1.82) is 0 Å². The van der Waals surface area contributed by atoms with Crippen molar-refractivity contribution >= 4 is 51.8 Å². The largest absolute Gasteiger partial charge is 0.390 e. The Kier molecular flexibility index (Phi) is 8.15. The van der Waals surface area contributed by atoms with Crippen LogP contribution in [0.25, 0.3) is 0 Å². The highest BCUT2D eigenvalue weighted by Gasteiger charge is 2.18. The lowest BCUT2D eigenvalue weighted by molar-refractivity contribution is 0.000833. The first-order valence-electron chi connectivity index (χ1n) is 6.49. The van der Waals surface area contributed by atoms with Gasteiger partial charge in [0.1, 0.15) is 5.60 Å². The van der Waals surface area contributed by atoms with Crippen molar-refractivity contribution in [2.45, 2.75) is 68.5 Å². The predicted molar refractivity (Wildman–Crippen MR) is 101 cm³/mol. The summed E-state index contributed by atoms with van der Waals surface area (Å²) in [5, 5.41) is 4.37. The molecule has 0 aromatic rings. The topological polar surface area (TPSA) is 21.6 Å². The molecule has 0 aliphatic carbocycles. The molecule has 5 heteroatoms. The number of halogens is 1. The Balaban J connectivity index is 4.56. The van der Waals surface area contributed by atoms with Crippen LogP contribution in [0.3, 0.4) is 0 Å². The molecule has 0 radical (unpaired) electrons. The monoisotopic (exact) mass is 417 g/mol. The van der Waals surface area contributed by atoms with Crippen LogP contribution >= 0.6 is 46.1 Å². The van der Waals surface area contributed by atoms with E-state index in [0.29, 0.717) is 0 Å². The van der Waals surface area contributed by atoms with Gasteiger partial charge in [-0.1, -0.05) is 48.5 Å². The van der Waals surface area contributed by atoms with E-state index in [1.807, 2.05) is 44.3 Å². The fraction of sp³-hybridized carbons (Fsp3) is 0.929. The Labute approximate surface area is 141 Å². The maximum absolute atomic E-state index is 5.58. The van der Waals surface area contributed by atoms with Crippen LogP contribution in [-0.2, 0) is 4.84 Å². The first kappa shape index (κ1) is 19.9. The molecule has 0 spiro atoms. The second-order valence-corrected chi connectivity index (χ2v) is 13.7. The summed E-state index contributed by atoms with van der Waals surface area (Å²) >= 11 is 6.28. The van der Waals surface area contributed by atoms with Gasteiger partial charge in [-0.05, 0) is 34.6 Å². The molecule has 0 heterocycles. The molecule has 0 aromatic carbocycles. The lowest BCUT2D eigenvalue weighted by Crippen LogP contribution is -2.21. The molecule has 2 nitrogen and oxygen atoms in total. The van der Waals surface area contributed by atoms with Crippen LogP contribution in [0.2, 0.25) is 0 Å². The minimum absolute atomic E-state index is 0.220. The Morgan fingerprint density at radius 2 is 1.42 bits per heavy atom. The molecule has 0 aliphatic rings. The second-order valence-electron chi connectivity index (χ2n) is 6.91. The molecule has 0 aromatic heterocycles. The van der Waals surface area contributed by atoms with Crippen molar-refractivity contribution in [3.05, 3.63) is 0 Å². The standard InChI is InChI=1S/C14H28INOS2/c1-12(2,3)17-16-11(9-18-13(4,5)6)10-19-14(7,8)15/h9-10H2,1-8H3/b16-11+. The third-order valence-electron chi connectivity index (χ3n) is 1.70. The van der Waals surface area contributed by atoms with Gasteiger partial charge in [0.25, 0.3) is 0 Å². The SMILES string of the molecule is CC(C)(C)O/N=C(\CSC(C)(C)C)CSC(C)(C)I. The third kappa shape index (κ3) is 15.1. The maximum Gasteiger partial charge on any atom is 0.129 e. The number of hydrogen-bond donors (Lipinski definition) is 0. The van der Waals surface area contributed by atoms with E-state index in [0.717, 1.165) is 17.2 Å². The van der Waals surface area contributed by atoms with Gasteiger partial charge in [-0.3, -0.25) is 0 Å². The number of alkyl halides is 1. The molecule has 0 fully saturated rings. The van der Waals surface area contributed by atoms with Crippen molar-refractivity contribution in [3.8, 4) is 0 Å². The van der Waals surface area contributed by atoms with Gasteiger partial charge in [0.2, 0.25) is 0 Å². The molecule has 19 heavy (non-hydrogen) atoms. The lowest BCUT2D eigenvalue weighted by Gasteiger charge is -2.21. The number of hydrogen-bond acceptors (Lipinski definition) is 4. The van der Waals surface area contributed by atoms with E-state index in [1.165, 1.54) is 0 Å². The van der Waals surface area contributed by atoms with E-state index in [4.69, 9.17) is 4.84 Å². The van der Waals surface area contributed by atoms with Crippen LogP contribution in [0.5, 0.6) is 0 Å². The normalized spacial score (nSPS) is 14.7. The molecule has 0 N–H and O–H groups in total. The molecule has 0 aliphatic heterocycles. The summed E-state index contributed by atoms with van der Waals surface area (Å²) in [6.07, 6.45) is 0. The van der Waals surface area contributed by atoms with Crippen molar-refractivity contribution in [3.63, 3.8) is 0 Å². The van der Waals surface area contributed by atoms with Crippen molar-refractivity contribution < 1.29 is 4.84 Å². The molecular formula is C14H28INOS2. The minimum atomic E-state index is -0.220. The highest BCUT2D eigenvalue weighted by Crippen LogP contribution is 2.32. The highest BCUT2D eigenvalue weighted by atomic mass is 127. The van der Waals surface area contributed by atoms with Crippen molar-refractivity contribution in [2.75, 3.05) is 11.5 Å². The Morgan fingerprint density at radius 3 is 1.79 bits per heavy atom. The van der Waals surface area contributed by atoms with Gasteiger partial charge in [-0.2, -0.15) is 0 Å². The summed E-state index contributed by atoms with van der Waals surface area (Å²) in [6, 6.07) is 0. The fourth-order valence-electron chi connectivity index (χ4n) is 0.851. The molecule has 0 rings (SSSR count). The van der Waals surface area contributed by atoms with Crippen LogP contribution in [0.4, 0.5) is 0 Å². The highest BCUT2D eigenvalue weighted by molar-refractivity contribution is 14.1. The fourth-order valence-corrected chi connectivity index (χ4v) is 2.87. The van der Waals surface area contributed by atoms with Crippen molar-refractivity contribution in [1.82, 2.24) is 0 Å². The van der Waals surface area contributed by atoms with Gasteiger partial charge < -0.3 is 4.84 Å². The minimum Gasteiger partial charge on any atom is -0.390 e. The summed E-state index contributed by atoms with van der Waals surface area (Å²) in [6.45, 7) is 17.2. The Bertz CT molecular complexity index is 278. The van der Waals surface area contributed by atoms with Gasteiger partial charge >= 0.3 is 0 Å². The summed E-state index contributed by atoms with van der Waals surface area (Å²) in [5.41, 5.74) is 0.909. The van der Waals surface area contributed by atoms with Crippen molar-refractivity contribution in [2.24, 2.45) is 5.16 Å².